The maximum absolute atomic E-state index is 13.3. The number of thiophene rings is 1. The minimum atomic E-state index is -0.645. The van der Waals surface area contributed by atoms with Crippen molar-refractivity contribution in [2.45, 2.75) is 39.5 Å². The Balaban J connectivity index is 1.27. The maximum atomic E-state index is 13.3. The molecule has 6 rings (SSSR count). The smallest absolute Gasteiger partial charge is 0.349 e. The van der Waals surface area contributed by atoms with Gasteiger partial charge in [0.1, 0.15) is 22.0 Å². The summed E-state index contributed by atoms with van der Waals surface area (Å²) in [4.78, 5) is 42.5. The average Bonchev–Trinajstić information content (AvgIpc) is 3.28. The highest BCUT2D eigenvalue weighted by Crippen LogP contribution is 2.41. The van der Waals surface area contributed by atoms with E-state index in [9.17, 15) is 9.59 Å². The number of rotatable bonds is 4. The van der Waals surface area contributed by atoms with Gasteiger partial charge in [-0.25, -0.2) is 14.8 Å². The molecule has 1 unspecified atom stereocenters. The van der Waals surface area contributed by atoms with E-state index in [1.807, 2.05) is 23.5 Å². The lowest BCUT2D eigenvalue weighted by Crippen LogP contribution is -2.49. The summed E-state index contributed by atoms with van der Waals surface area (Å²) in [5, 5.41) is 1.86. The molecule has 1 atom stereocenters. The molecule has 192 valence electrons. The van der Waals surface area contributed by atoms with E-state index in [2.05, 4.69) is 18.7 Å². The number of anilines is 1. The second-order valence-electron chi connectivity index (χ2n) is 9.95. The number of nitrogens with zero attached hydrogens (tertiary/aromatic N) is 4. The number of piperazine rings is 1. The lowest BCUT2D eigenvalue weighted by molar-refractivity contribution is 0.0742. The highest BCUT2D eigenvalue weighted by Gasteiger charge is 2.30. The van der Waals surface area contributed by atoms with Gasteiger partial charge in [0.15, 0.2) is 11.3 Å². The predicted octanol–water partition coefficient (Wildman–Crippen LogP) is 4.46. The van der Waals surface area contributed by atoms with Crippen LogP contribution < -0.4 is 15.3 Å². The second-order valence-corrected chi connectivity index (χ2v) is 11.0. The summed E-state index contributed by atoms with van der Waals surface area (Å²) in [5.74, 6) is 2.72. The molecule has 9 heteroatoms. The molecule has 1 aliphatic heterocycles. The van der Waals surface area contributed by atoms with E-state index >= 15 is 0 Å². The highest BCUT2D eigenvalue weighted by atomic mass is 32.1. The Morgan fingerprint density at radius 2 is 2.03 bits per heavy atom. The van der Waals surface area contributed by atoms with Gasteiger partial charge in [-0.1, -0.05) is 26.0 Å². The van der Waals surface area contributed by atoms with Gasteiger partial charge in [0.05, 0.1) is 12.5 Å². The Hall–Kier alpha value is -3.46. The fourth-order valence-corrected chi connectivity index (χ4v) is 6.87. The molecule has 1 aromatic carbocycles. The molecule has 1 saturated heterocycles. The number of hydrogen-bond donors (Lipinski definition) is 0. The Morgan fingerprint density at radius 3 is 2.78 bits per heavy atom. The molecule has 1 aliphatic carbocycles. The molecular formula is C28H30N4O4S. The van der Waals surface area contributed by atoms with Gasteiger partial charge in [-0.2, -0.15) is 0 Å². The number of para-hydroxylation sites is 1. The number of carbonyl (C=O) groups is 1. The number of benzene rings is 1. The summed E-state index contributed by atoms with van der Waals surface area (Å²) < 4.78 is 10.8. The van der Waals surface area contributed by atoms with Crippen LogP contribution in [0.2, 0.25) is 0 Å². The topological polar surface area (TPSA) is 88.8 Å². The van der Waals surface area contributed by atoms with Crippen LogP contribution in [0.3, 0.4) is 0 Å². The fraction of sp³-hybridized carbons (Fsp3) is 0.429. The summed E-state index contributed by atoms with van der Waals surface area (Å²) in [6, 6.07) is 6.96. The number of aryl methyl sites for hydroxylation is 2. The number of carbonyl (C=O) groups excluding carboxylic acids is 1. The lowest BCUT2D eigenvalue weighted by atomic mass is 9.89. The monoisotopic (exact) mass is 518 g/mol. The van der Waals surface area contributed by atoms with Crippen LogP contribution in [0.15, 0.2) is 33.5 Å². The molecule has 0 N–H and O–H groups in total. The van der Waals surface area contributed by atoms with Crippen LogP contribution >= 0.6 is 11.3 Å². The minimum Gasteiger partial charge on any atom is -0.493 e. The Labute approximate surface area is 218 Å². The summed E-state index contributed by atoms with van der Waals surface area (Å²) >= 11 is 1.82. The molecule has 3 aromatic heterocycles. The summed E-state index contributed by atoms with van der Waals surface area (Å²) in [7, 11) is 1.52. The number of ether oxygens (including phenoxy) is 1. The van der Waals surface area contributed by atoms with Gasteiger partial charge in [-0.3, -0.25) is 4.79 Å². The standard InChI is InChI=1S/C28H30N4O4S/c1-4-22-29-25(23-18-9-8-16(2)14-21(18)37-26(23)30-22)31-10-12-32(13-11-31)27(33)19-15-17-6-5-7-20(35-3)24(17)36-28(19)34/h5-7,15-16H,4,8-14H2,1-3H3. The van der Waals surface area contributed by atoms with Crippen LogP contribution in [0.4, 0.5) is 5.82 Å². The van der Waals surface area contributed by atoms with Gasteiger partial charge >= 0.3 is 5.63 Å². The van der Waals surface area contributed by atoms with Crippen molar-refractivity contribution in [2.75, 3.05) is 38.2 Å². The molecule has 0 bridgehead atoms. The minimum absolute atomic E-state index is 0.0490. The number of hydrogen-bond acceptors (Lipinski definition) is 8. The largest absolute Gasteiger partial charge is 0.493 e. The first-order valence-corrected chi connectivity index (χ1v) is 13.7. The molecule has 8 nitrogen and oxygen atoms in total. The van der Waals surface area contributed by atoms with Crippen molar-refractivity contribution < 1.29 is 13.9 Å². The second kappa shape index (κ2) is 9.45. The van der Waals surface area contributed by atoms with E-state index < -0.39 is 5.63 Å². The molecule has 0 spiro atoms. The van der Waals surface area contributed by atoms with Gasteiger partial charge in [0.25, 0.3) is 5.91 Å². The lowest BCUT2D eigenvalue weighted by Gasteiger charge is -2.36. The zero-order chi connectivity index (χ0) is 25.7. The van der Waals surface area contributed by atoms with E-state index in [1.165, 1.54) is 29.4 Å². The Morgan fingerprint density at radius 1 is 1.22 bits per heavy atom. The molecule has 37 heavy (non-hydrogen) atoms. The third-order valence-electron chi connectivity index (χ3n) is 7.54. The van der Waals surface area contributed by atoms with Crippen molar-refractivity contribution in [3.63, 3.8) is 0 Å². The maximum Gasteiger partial charge on any atom is 0.349 e. The molecule has 2 aliphatic rings. The number of aromatic nitrogens is 2. The first kappa shape index (κ1) is 23.9. The molecule has 4 heterocycles. The van der Waals surface area contributed by atoms with Crippen LogP contribution in [-0.2, 0) is 19.3 Å². The van der Waals surface area contributed by atoms with Gasteiger partial charge in [0.2, 0.25) is 0 Å². The van der Waals surface area contributed by atoms with E-state index in [1.54, 1.807) is 17.0 Å². The predicted molar refractivity (Wildman–Crippen MR) is 145 cm³/mol. The van der Waals surface area contributed by atoms with E-state index in [0.717, 1.165) is 35.7 Å². The molecular weight excluding hydrogens is 488 g/mol. The molecule has 0 saturated carbocycles. The van der Waals surface area contributed by atoms with Gasteiger partial charge in [-0.05, 0) is 42.9 Å². The molecule has 4 aromatic rings. The molecule has 1 fully saturated rings. The van der Waals surface area contributed by atoms with Crippen molar-refractivity contribution in [2.24, 2.45) is 5.92 Å². The van der Waals surface area contributed by atoms with E-state index in [-0.39, 0.29) is 11.5 Å². The van der Waals surface area contributed by atoms with Gasteiger partial charge in [0, 0.05) is 42.9 Å². The van der Waals surface area contributed by atoms with E-state index in [0.29, 0.717) is 48.8 Å². The Bertz CT molecular complexity index is 1570. The SMILES string of the molecule is CCc1nc(N2CCN(C(=O)c3cc4cccc(OC)c4oc3=O)CC2)c2c3c(sc2n1)CC(C)CC3. The van der Waals surface area contributed by atoms with Crippen LogP contribution in [0.25, 0.3) is 21.2 Å². The average molecular weight is 519 g/mol. The van der Waals surface area contributed by atoms with Crippen LogP contribution in [0.5, 0.6) is 5.75 Å². The van der Waals surface area contributed by atoms with Crippen molar-refractivity contribution in [1.29, 1.82) is 0 Å². The van der Waals surface area contributed by atoms with Crippen LogP contribution in [0, 0.1) is 5.92 Å². The summed E-state index contributed by atoms with van der Waals surface area (Å²) in [6.07, 6.45) is 4.15. The quantitative estimate of drug-likeness (QED) is 0.369. The first-order valence-electron chi connectivity index (χ1n) is 12.9. The van der Waals surface area contributed by atoms with Crippen molar-refractivity contribution in [3.8, 4) is 5.75 Å². The fourth-order valence-electron chi connectivity index (χ4n) is 5.47. The van der Waals surface area contributed by atoms with Crippen molar-refractivity contribution in [3.05, 3.63) is 56.5 Å². The summed E-state index contributed by atoms with van der Waals surface area (Å²) in [5.41, 5.74) is 1.17. The van der Waals surface area contributed by atoms with E-state index in [4.69, 9.17) is 19.1 Å². The third-order valence-corrected chi connectivity index (χ3v) is 8.69. The van der Waals surface area contributed by atoms with Gasteiger partial charge in [-0.15, -0.1) is 11.3 Å². The number of fused-ring (bicyclic) bond motifs is 4. The normalized spacial score (nSPS) is 17.9. The Kier molecular flexibility index (Phi) is 6.10. The van der Waals surface area contributed by atoms with Crippen LogP contribution in [0.1, 0.15) is 46.9 Å². The number of methoxy groups -OCH3 is 1. The highest BCUT2D eigenvalue weighted by molar-refractivity contribution is 7.19. The molecule has 0 radical (unpaired) electrons. The first-order chi connectivity index (χ1) is 18.0. The number of amides is 1. The molecule has 1 amide bonds. The zero-order valence-corrected chi connectivity index (χ0v) is 22.2. The van der Waals surface area contributed by atoms with Crippen LogP contribution in [-0.4, -0.2) is 54.1 Å². The van der Waals surface area contributed by atoms with Gasteiger partial charge < -0.3 is 19.0 Å². The summed E-state index contributed by atoms with van der Waals surface area (Å²) in [6.45, 7) is 6.71. The van der Waals surface area contributed by atoms with Crippen molar-refractivity contribution in [1.82, 2.24) is 14.9 Å². The third kappa shape index (κ3) is 4.15. The van der Waals surface area contributed by atoms with Crippen molar-refractivity contribution >= 4 is 44.2 Å². The zero-order valence-electron chi connectivity index (χ0n) is 21.4.